The molecule has 0 fully saturated rings. The number of carbonyl (C=O) groups is 2. The summed E-state index contributed by atoms with van der Waals surface area (Å²) < 4.78 is 5.80. The van der Waals surface area contributed by atoms with Crippen LogP contribution < -0.4 is 15.1 Å². The van der Waals surface area contributed by atoms with Gasteiger partial charge in [-0.05, 0) is 49.2 Å². The molecule has 162 valence electrons. The van der Waals surface area contributed by atoms with Crippen LogP contribution in [0.25, 0.3) is 0 Å². The highest BCUT2D eigenvalue weighted by Gasteiger charge is 2.26. The molecule has 4 rings (SSSR count). The van der Waals surface area contributed by atoms with Gasteiger partial charge in [0.1, 0.15) is 18.1 Å². The summed E-state index contributed by atoms with van der Waals surface area (Å²) in [6, 6.07) is 16.8. The van der Waals surface area contributed by atoms with Gasteiger partial charge in [-0.3, -0.25) is 14.6 Å². The summed E-state index contributed by atoms with van der Waals surface area (Å²) in [5.41, 5.74) is 4.50. The molecule has 0 saturated heterocycles. The van der Waals surface area contributed by atoms with E-state index in [9.17, 15) is 9.59 Å². The smallest absolute Gasteiger partial charge is 0.271 e. The zero-order chi connectivity index (χ0) is 22.5. The summed E-state index contributed by atoms with van der Waals surface area (Å²) >= 11 is 0. The standard InChI is InChI=1S/C25H24N4O3/c1-17-8-9-18(2)23(13-17)29-24(30)11-10-22(28-29)25(31)27-20-6-3-7-21(14-20)32-16-19-5-4-12-26-15-19/h3-9,12-15H,10-11,16H2,1-2H3,(H,27,31). The van der Waals surface area contributed by atoms with Crippen molar-refractivity contribution in [2.75, 3.05) is 10.3 Å². The van der Waals surface area contributed by atoms with Crippen LogP contribution in [0, 0.1) is 13.8 Å². The van der Waals surface area contributed by atoms with Gasteiger partial charge < -0.3 is 10.1 Å². The van der Waals surface area contributed by atoms with E-state index >= 15 is 0 Å². The number of rotatable bonds is 6. The topological polar surface area (TPSA) is 83.9 Å². The van der Waals surface area contributed by atoms with Crippen LogP contribution in [0.1, 0.15) is 29.5 Å². The highest BCUT2D eigenvalue weighted by molar-refractivity contribution is 6.44. The number of ether oxygens (including phenoxy) is 1. The number of anilines is 2. The molecule has 1 N–H and O–H groups in total. The first kappa shape index (κ1) is 21.2. The number of aryl methyl sites for hydroxylation is 2. The second kappa shape index (κ2) is 9.43. The summed E-state index contributed by atoms with van der Waals surface area (Å²) in [7, 11) is 0. The Kier molecular flexibility index (Phi) is 6.26. The van der Waals surface area contributed by atoms with Gasteiger partial charge in [-0.1, -0.05) is 24.3 Å². The first-order chi connectivity index (χ1) is 15.5. The third-order valence-electron chi connectivity index (χ3n) is 5.11. The van der Waals surface area contributed by atoms with Gasteiger partial charge in [-0.2, -0.15) is 5.10 Å². The van der Waals surface area contributed by atoms with E-state index in [4.69, 9.17) is 4.74 Å². The number of hydrogen-bond acceptors (Lipinski definition) is 5. The molecule has 7 heteroatoms. The summed E-state index contributed by atoms with van der Waals surface area (Å²) in [5, 5.41) is 8.58. The maximum atomic E-state index is 12.9. The third kappa shape index (κ3) is 5.00. The molecule has 32 heavy (non-hydrogen) atoms. The Morgan fingerprint density at radius 1 is 1.09 bits per heavy atom. The zero-order valence-corrected chi connectivity index (χ0v) is 18.0. The van der Waals surface area contributed by atoms with Crippen molar-refractivity contribution >= 4 is 28.9 Å². The third-order valence-corrected chi connectivity index (χ3v) is 5.11. The Labute approximate surface area is 186 Å². The molecule has 1 aliphatic rings. The molecular weight excluding hydrogens is 404 g/mol. The number of nitrogens with zero attached hydrogens (tertiary/aromatic N) is 3. The maximum Gasteiger partial charge on any atom is 0.271 e. The first-order valence-corrected chi connectivity index (χ1v) is 10.4. The molecule has 2 heterocycles. The summed E-state index contributed by atoms with van der Waals surface area (Å²) in [5.74, 6) is 0.169. The number of pyridine rings is 1. The summed E-state index contributed by atoms with van der Waals surface area (Å²) in [4.78, 5) is 29.4. The van der Waals surface area contributed by atoms with E-state index in [1.165, 1.54) is 5.01 Å². The maximum absolute atomic E-state index is 12.9. The Bertz CT molecular complexity index is 1170. The van der Waals surface area contributed by atoms with Crippen LogP contribution in [0.15, 0.2) is 72.1 Å². The molecule has 0 aliphatic carbocycles. The minimum Gasteiger partial charge on any atom is -0.489 e. The minimum atomic E-state index is -0.336. The lowest BCUT2D eigenvalue weighted by Crippen LogP contribution is -2.36. The van der Waals surface area contributed by atoms with Crippen LogP contribution in [0.2, 0.25) is 0 Å². The van der Waals surface area contributed by atoms with Crippen molar-refractivity contribution in [2.24, 2.45) is 5.10 Å². The number of hydrogen-bond donors (Lipinski definition) is 1. The molecule has 0 atom stereocenters. The number of aromatic nitrogens is 1. The molecule has 2 aromatic carbocycles. The van der Waals surface area contributed by atoms with E-state index in [0.717, 1.165) is 16.7 Å². The van der Waals surface area contributed by atoms with Crippen molar-refractivity contribution in [2.45, 2.75) is 33.3 Å². The molecule has 0 saturated carbocycles. The minimum absolute atomic E-state index is 0.124. The summed E-state index contributed by atoms with van der Waals surface area (Å²) in [6.07, 6.45) is 3.98. The highest BCUT2D eigenvalue weighted by atomic mass is 16.5. The Hall–Kier alpha value is -4.00. The van der Waals surface area contributed by atoms with Crippen LogP contribution in [0.3, 0.4) is 0 Å². The van der Waals surface area contributed by atoms with Crippen molar-refractivity contribution in [1.82, 2.24) is 4.98 Å². The van der Waals surface area contributed by atoms with E-state index in [1.54, 1.807) is 24.5 Å². The molecule has 0 radical (unpaired) electrons. The highest BCUT2D eigenvalue weighted by Crippen LogP contribution is 2.26. The average Bonchev–Trinajstić information content (AvgIpc) is 2.80. The Balaban J connectivity index is 1.47. The van der Waals surface area contributed by atoms with Crippen molar-refractivity contribution in [3.05, 3.63) is 83.7 Å². The molecular formula is C25H24N4O3. The summed E-state index contributed by atoms with van der Waals surface area (Å²) in [6.45, 7) is 4.26. The van der Waals surface area contributed by atoms with Gasteiger partial charge >= 0.3 is 0 Å². The van der Waals surface area contributed by atoms with E-state index in [1.807, 2.05) is 56.3 Å². The quantitative estimate of drug-likeness (QED) is 0.631. The Morgan fingerprint density at radius 3 is 2.78 bits per heavy atom. The lowest BCUT2D eigenvalue weighted by Gasteiger charge is -2.24. The van der Waals surface area contributed by atoms with Crippen molar-refractivity contribution < 1.29 is 14.3 Å². The lowest BCUT2D eigenvalue weighted by molar-refractivity contribution is -0.118. The molecule has 0 unspecified atom stereocenters. The van der Waals surface area contributed by atoms with E-state index < -0.39 is 0 Å². The molecule has 3 aromatic rings. The number of carbonyl (C=O) groups excluding carboxylic acids is 2. The van der Waals surface area contributed by atoms with Crippen molar-refractivity contribution in [1.29, 1.82) is 0 Å². The van der Waals surface area contributed by atoms with Crippen LogP contribution in [0.4, 0.5) is 11.4 Å². The van der Waals surface area contributed by atoms with Crippen LogP contribution in [-0.2, 0) is 16.2 Å². The van der Waals surface area contributed by atoms with Crippen molar-refractivity contribution in [3.63, 3.8) is 0 Å². The van der Waals surface area contributed by atoms with Gasteiger partial charge in [-0.15, -0.1) is 0 Å². The fourth-order valence-electron chi connectivity index (χ4n) is 3.37. The molecule has 7 nitrogen and oxygen atoms in total. The fraction of sp³-hybridized carbons (Fsp3) is 0.200. The van der Waals surface area contributed by atoms with Gasteiger partial charge in [0, 0.05) is 42.6 Å². The second-order valence-electron chi connectivity index (χ2n) is 7.67. The fourth-order valence-corrected chi connectivity index (χ4v) is 3.37. The van der Waals surface area contributed by atoms with Gasteiger partial charge in [0.05, 0.1) is 5.69 Å². The molecule has 0 spiro atoms. The van der Waals surface area contributed by atoms with Gasteiger partial charge in [0.2, 0.25) is 5.91 Å². The van der Waals surface area contributed by atoms with Crippen LogP contribution in [0.5, 0.6) is 5.75 Å². The van der Waals surface area contributed by atoms with Gasteiger partial charge in [0.25, 0.3) is 5.91 Å². The molecule has 0 bridgehead atoms. The van der Waals surface area contributed by atoms with Crippen molar-refractivity contribution in [3.8, 4) is 5.75 Å². The monoisotopic (exact) mass is 428 g/mol. The predicted molar refractivity (Wildman–Crippen MR) is 124 cm³/mol. The van der Waals surface area contributed by atoms with E-state index in [-0.39, 0.29) is 18.2 Å². The first-order valence-electron chi connectivity index (χ1n) is 10.4. The SMILES string of the molecule is Cc1ccc(C)c(N2N=C(C(=O)Nc3cccc(OCc4cccnc4)c3)CCC2=O)c1. The molecule has 2 amide bonds. The predicted octanol–water partition coefficient (Wildman–Crippen LogP) is 4.40. The number of nitrogens with one attached hydrogen (secondary N) is 1. The van der Waals surface area contributed by atoms with Gasteiger partial charge in [0.15, 0.2) is 0 Å². The number of amides is 2. The van der Waals surface area contributed by atoms with Crippen LogP contribution in [-0.4, -0.2) is 22.5 Å². The largest absolute Gasteiger partial charge is 0.489 e. The van der Waals surface area contributed by atoms with Gasteiger partial charge in [-0.25, -0.2) is 5.01 Å². The van der Waals surface area contributed by atoms with Crippen LogP contribution >= 0.6 is 0 Å². The number of benzene rings is 2. The normalized spacial score (nSPS) is 13.5. The molecule has 1 aromatic heterocycles. The van der Waals surface area contributed by atoms with E-state index in [0.29, 0.717) is 35.9 Å². The lowest BCUT2D eigenvalue weighted by atomic mass is 10.1. The Morgan fingerprint density at radius 2 is 1.97 bits per heavy atom. The molecule has 1 aliphatic heterocycles. The average molecular weight is 428 g/mol. The van der Waals surface area contributed by atoms with E-state index in [2.05, 4.69) is 15.4 Å². The second-order valence-corrected chi connectivity index (χ2v) is 7.67. The zero-order valence-electron chi connectivity index (χ0n) is 18.0. The number of hydrazone groups is 1.